The summed E-state index contributed by atoms with van der Waals surface area (Å²) >= 11 is 5.86. The van der Waals surface area contributed by atoms with Gasteiger partial charge < -0.3 is 15.0 Å². The molecular weight excluding hydrogens is 478 g/mol. The second-order valence-electron chi connectivity index (χ2n) is 7.91. The fourth-order valence-corrected chi connectivity index (χ4v) is 4.45. The number of methoxy groups -OCH3 is 1. The molecule has 2 amide bonds. The van der Waals surface area contributed by atoms with E-state index in [1.807, 2.05) is 6.92 Å². The van der Waals surface area contributed by atoms with E-state index in [4.69, 9.17) is 16.3 Å². The Bertz CT molecular complexity index is 1060. The number of halogens is 1. The summed E-state index contributed by atoms with van der Waals surface area (Å²) in [4.78, 5) is 27.4. The van der Waals surface area contributed by atoms with Crippen LogP contribution >= 0.6 is 11.6 Å². The molecule has 0 radical (unpaired) electrons. The van der Waals surface area contributed by atoms with Crippen LogP contribution in [0.2, 0.25) is 5.02 Å². The van der Waals surface area contributed by atoms with Gasteiger partial charge in [0.25, 0.3) is 0 Å². The van der Waals surface area contributed by atoms with Crippen LogP contribution in [0.25, 0.3) is 0 Å². The zero-order chi connectivity index (χ0) is 25.3. The maximum absolute atomic E-state index is 13.3. The van der Waals surface area contributed by atoms with Crippen molar-refractivity contribution in [2.24, 2.45) is 0 Å². The number of nitrogens with one attached hydrogen (secondary N) is 1. The van der Waals surface area contributed by atoms with Gasteiger partial charge in [0, 0.05) is 25.2 Å². The minimum atomic E-state index is -3.92. The largest absolute Gasteiger partial charge is 0.497 e. The van der Waals surface area contributed by atoms with Gasteiger partial charge in [0.05, 0.1) is 18.6 Å². The van der Waals surface area contributed by atoms with Gasteiger partial charge in [-0.05, 0) is 55.3 Å². The number of carbonyl (C=O) groups is 2. The van der Waals surface area contributed by atoms with Crippen molar-refractivity contribution in [1.29, 1.82) is 0 Å². The van der Waals surface area contributed by atoms with Crippen LogP contribution in [0.5, 0.6) is 5.75 Å². The van der Waals surface area contributed by atoms with E-state index >= 15 is 0 Å². The molecule has 0 unspecified atom stereocenters. The zero-order valence-corrected chi connectivity index (χ0v) is 21.5. The highest BCUT2D eigenvalue weighted by atomic mass is 35.5. The summed E-state index contributed by atoms with van der Waals surface area (Å²) in [5.41, 5.74) is 0.783. The number of benzene rings is 2. The molecule has 0 aromatic heterocycles. The second-order valence-corrected chi connectivity index (χ2v) is 10.4. The van der Waals surface area contributed by atoms with E-state index in [0.29, 0.717) is 17.3 Å². The fourth-order valence-electron chi connectivity index (χ4n) is 3.20. The number of hydrogen-bond acceptors (Lipinski definition) is 5. The molecule has 0 spiro atoms. The molecule has 0 fully saturated rings. The summed E-state index contributed by atoms with van der Waals surface area (Å²) in [6.45, 7) is 3.88. The predicted molar refractivity (Wildman–Crippen MR) is 132 cm³/mol. The lowest BCUT2D eigenvalue weighted by molar-refractivity contribution is -0.140. The van der Waals surface area contributed by atoms with Gasteiger partial charge in [-0.25, -0.2) is 8.42 Å². The average Bonchev–Trinajstić information content (AvgIpc) is 2.82. The molecule has 186 valence electrons. The molecule has 2 aromatic rings. The van der Waals surface area contributed by atoms with Gasteiger partial charge in [0.2, 0.25) is 21.8 Å². The minimum absolute atomic E-state index is 0.0271. The monoisotopic (exact) mass is 509 g/mol. The number of amides is 2. The quantitative estimate of drug-likeness (QED) is 0.443. The maximum atomic E-state index is 13.3. The number of hydrogen-bond donors (Lipinski definition) is 1. The van der Waals surface area contributed by atoms with Crippen molar-refractivity contribution in [3.05, 3.63) is 59.1 Å². The first-order valence-electron chi connectivity index (χ1n) is 11.0. The van der Waals surface area contributed by atoms with Crippen LogP contribution in [0.4, 0.5) is 0 Å². The highest BCUT2D eigenvalue weighted by molar-refractivity contribution is 7.89. The number of rotatable bonds is 12. The van der Waals surface area contributed by atoms with Crippen molar-refractivity contribution in [3.8, 4) is 5.75 Å². The maximum Gasteiger partial charge on any atom is 0.243 e. The lowest BCUT2D eigenvalue weighted by Crippen LogP contribution is -2.50. The summed E-state index contributed by atoms with van der Waals surface area (Å²) in [5, 5.41) is 3.25. The molecule has 0 aliphatic carbocycles. The molecule has 2 aromatic carbocycles. The number of ether oxygens (including phenoxy) is 1. The van der Waals surface area contributed by atoms with Crippen LogP contribution in [0.3, 0.4) is 0 Å². The standard InChI is InChI=1S/C24H32ClN3O5S/c1-5-6-15-26-24(30)18(2)28(16-19-7-11-21(33-4)12-8-19)23(29)17-27(3)34(31,32)22-13-9-20(25)10-14-22/h7-14,18H,5-6,15-17H2,1-4H3,(H,26,30)/t18-/m0/s1. The van der Waals surface area contributed by atoms with Gasteiger partial charge in [-0.3, -0.25) is 9.59 Å². The van der Waals surface area contributed by atoms with Crippen molar-refractivity contribution in [2.75, 3.05) is 27.2 Å². The molecule has 1 atom stereocenters. The third-order valence-electron chi connectivity index (χ3n) is 5.39. The summed E-state index contributed by atoms with van der Waals surface area (Å²) < 4.78 is 32.0. The zero-order valence-electron chi connectivity index (χ0n) is 20.0. The van der Waals surface area contributed by atoms with Crippen molar-refractivity contribution >= 4 is 33.4 Å². The van der Waals surface area contributed by atoms with E-state index in [-0.39, 0.29) is 17.3 Å². The van der Waals surface area contributed by atoms with Gasteiger partial charge in [-0.1, -0.05) is 37.1 Å². The molecule has 2 rings (SSSR count). The fraction of sp³-hybridized carbons (Fsp3) is 0.417. The summed E-state index contributed by atoms with van der Waals surface area (Å²) in [6, 6.07) is 12.1. The molecular formula is C24H32ClN3O5S. The smallest absolute Gasteiger partial charge is 0.243 e. The molecule has 0 aliphatic rings. The molecule has 1 N–H and O–H groups in total. The first kappa shape index (κ1) is 27.6. The molecule has 8 nitrogen and oxygen atoms in total. The topological polar surface area (TPSA) is 96.0 Å². The number of unbranched alkanes of at least 4 members (excludes halogenated alkanes) is 1. The minimum Gasteiger partial charge on any atom is -0.497 e. The Morgan fingerprint density at radius 1 is 1.09 bits per heavy atom. The van der Waals surface area contributed by atoms with Crippen LogP contribution in [-0.4, -0.2) is 62.7 Å². The van der Waals surface area contributed by atoms with Gasteiger partial charge in [0.1, 0.15) is 11.8 Å². The third kappa shape index (κ3) is 7.44. The van der Waals surface area contributed by atoms with Crippen LogP contribution in [-0.2, 0) is 26.2 Å². The predicted octanol–water partition coefficient (Wildman–Crippen LogP) is 3.30. The Morgan fingerprint density at radius 2 is 1.71 bits per heavy atom. The summed E-state index contributed by atoms with van der Waals surface area (Å²) in [7, 11) is -1.03. The lowest BCUT2D eigenvalue weighted by Gasteiger charge is -2.30. The Balaban J connectivity index is 2.23. The van der Waals surface area contributed by atoms with Crippen molar-refractivity contribution in [2.45, 2.75) is 44.2 Å². The summed E-state index contributed by atoms with van der Waals surface area (Å²) in [6.07, 6.45) is 1.75. The van der Waals surface area contributed by atoms with Gasteiger partial charge >= 0.3 is 0 Å². The third-order valence-corrected chi connectivity index (χ3v) is 7.46. The van der Waals surface area contributed by atoms with Crippen LogP contribution in [0.1, 0.15) is 32.3 Å². The molecule has 0 saturated carbocycles. The molecule has 0 bridgehead atoms. The van der Waals surface area contributed by atoms with Gasteiger partial charge in [0.15, 0.2) is 0 Å². The van der Waals surface area contributed by atoms with Gasteiger partial charge in [-0.15, -0.1) is 0 Å². The average molecular weight is 510 g/mol. The number of likely N-dealkylation sites (N-methyl/N-ethyl adjacent to an activating group) is 1. The Morgan fingerprint density at radius 3 is 2.26 bits per heavy atom. The Hall–Kier alpha value is -2.62. The molecule has 0 heterocycles. The molecule has 10 heteroatoms. The SMILES string of the molecule is CCCCNC(=O)[C@H](C)N(Cc1ccc(OC)cc1)C(=O)CN(C)S(=O)(=O)c1ccc(Cl)cc1. The van der Waals surface area contributed by atoms with Gasteiger partial charge in [-0.2, -0.15) is 4.31 Å². The van der Waals surface area contributed by atoms with E-state index in [9.17, 15) is 18.0 Å². The number of carbonyl (C=O) groups excluding carboxylic acids is 2. The summed E-state index contributed by atoms with van der Waals surface area (Å²) in [5.74, 6) is -0.117. The van der Waals surface area contributed by atoms with E-state index in [1.54, 1.807) is 38.3 Å². The molecule has 0 saturated heterocycles. The Labute approximate surface area is 206 Å². The normalized spacial score (nSPS) is 12.3. The highest BCUT2D eigenvalue weighted by Crippen LogP contribution is 2.19. The lowest BCUT2D eigenvalue weighted by atomic mass is 10.1. The second kappa shape index (κ2) is 12.7. The Kier molecular flexibility index (Phi) is 10.3. The van der Waals surface area contributed by atoms with Crippen molar-refractivity contribution in [3.63, 3.8) is 0 Å². The van der Waals surface area contributed by atoms with Crippen LogP contribution in [0.15, 0.2) is 53.4 Å². The van der Waals surface area contributed by atoms with E-state index < -0.39 is 28.5 Å². The van der Waals surface area contributed by atoms with E-state index in [1.165, 1.54) is 36.2 Å². The van der Waals surface area contributed by atoms with Crippen LogP contribution < -0.4 is 10.1 Å². The van der Waals surface area contributed by atoms with E-state index in [0.717, 1.165) is 22.7 Å². The van der Waals surface area contributed by atoms with E-state index in [2.05, 4.69) is 5.32 Å². The number of nitrogens with zero attached hydrogens (tertiary/aromatic N) is 2. The van der Waals surface area contributed by atoms with Crippen molar-refractivity contribution in [1.82, 2.24) is 14.5 Å². The number of sulfonamides is 1. The first-order valence-corrected chi connectivity index (χ1v) is 12.8. The highest BCUT2D eigenvalue weighted by Gasteiger charge is 2.30. The van der Waals surface area contributed by atoms with Crippen LogP contribution in [0, 0.1) is 0 Å². The molecule has 0 aliphatic heterocycles. The first-order chi connectivity index (χ1) is 16.1. The van der Waals surface area contributed by atoms with Crippen molar-refractivity contribution < 1.29 is 22.7 Å². The molecule has 34 heavy (non-hydrogen) atoms.